The minimum absolute atomic E-state index is 0.0355. The van der Waals surface area contributed by atoms with Crippen LogP contribution >= 0.6 is 0 Å². The highest BCUT2D eigenvalue weighted by molar-refractivity contribution is 5.99. The third-order valence-corrected chi connectivity index (χ3v) is 5.30. The van der Waals surface area contributed by atoms with E-state index in [9.17, 15) is 19.7 Å². The third-order valence-electron chi connectivity index (χ3n) is 5.30. The molecule has 190 valence electrons. The standard InChI is InChI=1S/C26H22FN9O2/c1-26(2,3)21-11-22(36(35-21)16-6-4-5-15(9-16)12-28)34-25(37)33-20-8-7-17(10-19(20)27)38-24-18(13-29)23(30)31-14-32-24/h4-11,14H,1-3H3,(H2,30,31,32)(H2,33,34,37). The Bertz CT molecular complexity index is 1610. The molecule has 4 aromatic rings. The zero-order valence-electron chi connectivity index (χ0n) is 20.7. The average molecular weight is 512 g/mol. The van der Waals surface area contributed by atoms with Gasteiger partial charge in [0.15, 0.2) is 5.56 Å². The molecule has 0 aliphatic heterocycles. The van der Waals surface area contributed by atoms with Crippen LogP contribution in [0.15, 0.2) is 54.9 Å². The molecule has 0 saturated carbocycles. The van der Waals surface area contributed by atoms with Crippen LogP contribution in [-0.2, 0) is 5.41 Å². The molecule has 12 heteroatoms. The Labute approximate surface area is 217 Å². The number of nitrogens with two attached hydrogens (primary N) is 1. The molecule has 0 aliphatic carbocycles. The van der Waals surface area contributed by atoms with Crippen molar-refractivity contribution in [1.29, 1.82) is 10.5 Å². The molecule has 38 heavy (non-hydrogen) atoms. The summed E-state index contributed by atoms with van der Waals surface area (Å²) in [5.41, 5.74) is 6.82. The van der Waals surface area contributed by atoms with Gasteiger partial charge in [-0.25, -0.2) is 23.8 Å². The van der Waals surface area contributed by atoms with Crippen molar-refractivity contribution in [2.75, 3.05) is 16.4 Å². The number of hydrogen-bond donors (Lipinski definition) is 3. The number of nitrogen functional groups attached to an aromatic ring is 1. The van der Waals surface area contributed by atoms with Crippen LogP contribution in [0.25, 0.3) is 5.69 Å². The quantitative estimate of drug-likeness (QED) is 0.341. The van der Waals surface area contributed by atoms with Gasteiger partial charge in [-0.1, -0.05) is 26.8 Å². The number of benzene rings is 2. The summed E-state index contributed by atoms with van der Waals surface area (Å²) in [7, 11) is 0. The van der Waals surface area contributed by atoms with Crippen LogP contribution in [0.1, 0.15) is 37.6 Å². The van der Waals surface area contributed by atoms with Crippen molar-refractivity contribution in [3.8, 4) is 29.5 Å². The predicted molar refractivity (Wildman–Crippen MR) is 137 cm³/mol. The fraction of sp³-hybridized carbons (Fsp3) is 0.154. The topological polar surface area (TPSA) is 168 Å². The number of ether oxygens (including phenoxy) is 1. The lowest BCUT2D eigenvalue weighted by atomic mass is 9.92. The van der Waals surface area contributed by atoms with Gasteiger partial charge in [0.2, 0.25) is 5.88 Å². The van der Waals surface area contributed by atoms with Gasteiger partial charge in [0.05, 0.1) is 28.7 Å². The number of halogens is 1. The second kappa shape index (κ2) is 10.2. The molecule has 11 nitrogen and oxygen atoms in total. The Morgan fingerprint density at radius 3 is 2.55 bits per heavy atom. The van der Waals surface area contributed by atoms with Crippen LogP contribution in [0, 0.1) is 28.5 Å². The van der Waals surface area contributed by atoms with E-state index in [0.29, 0.717) is 22.8 Å². The number of nitrogens with zero attached hydrogens (tertiary/aromatic N) is 6. The molecular weight excluding hydrogens is 489 g/mol. The molecule has 2 aromatic heterocycles. The van der Waals surface area contributed by atoms with E-state index in [4.69, 9.17) is 10.5 Å². The number of urea groups is 1. The minimum Gasteiger partial charge on any atom is -0.437 e. The molecule has 0 radical (unpaired) electrons. The van der Waals surface area contributed by atoms with Crippen LogP contribution < -0.4 is 21.1 Å². The number of amides is 2. The van der Waals surface area contributed by atoms with E-state index in [1.54, 1.807) is 30.3 Å². The van der Waals surface area contributed by atoms with Gasteiger partial charge in [0.1, 0.15) is 35.6 Å². The molecule has 4 rings (SSSR count). The van der Waals surface area contributed by atoms with Gasteiger partial charge in [-0.15, -0.1) is 0 Å². The summed E-state index contributed by atoms with van der Waals surface area (Å²) in [5, 5.41) is 28.2. The number of carbonyl (C=O) groups excluding carboxylic acids is 1. The number of hydrogen-bond acceptors (Lipinski definition) is 8. The summed E-state index contributed by atoms with van der Waals surface area (Å²) in [4.78, 5) is 20.4. The van der Waals surface area contributed by atoms with Gasteiger partial charge in [-0.2, -0.15) is 15.6 Å². The van der Waals surface area contributed by atoms with Crippen molar-refractivity contribution in [3.63, 3.8) is 0 Å². The van der Waals surface area contributed by atoms with Crippen molar-refractivity contribution < 1.29 is 13.9 Å². The monoisotopic (exact) mass is 511 g/mol. The fourth-order valence-electron chi connectivity index (χ4n) is 3.35. The van der Waals surface area contributed by atoms with Crippen molar-refractivity contribution in [3.05, 3.63) is 77.5 Å². The van der Waals surface area contributed by atoms with E-state index < -0.39 is 11.8 Å². The summed E-state index contributed by atoms with van der Waals surface area (Å²) < 4.78 is 21.8. The molecule has 2 heterocycles. The fourth-order valence-corrected chi connectivity index (χ4v) is 3.35. The molecule has 0 saturated heterocycles. The molecule has 0 fully saturated rings. The first kappa shape index (κ1) is 25.6. The second-order valence-electron chi connectivity index (χ2n) is 9.11. The highest BCUT2D eigenvalue weighted by Gasteiger charge is 2.22. The Morgan fingerprint density at radius 1 is 1.08 bits per heavy atom. The van der Waals surface area contributed by atoms with Crippen LogP contribution in [-0.4, -0.2) is 25.8 Å². The molecule has 4 N–H and O–H groups in total. The number of rotatable bonds is 5. The Morgan fingerprint density at radius 2 is 1.87 bits per heavy atom. The average Bonchev–Trinajstić information content (AvgIpc) is 3.30. The van der Waals surface area contributed by atoms with E-state index in [2.05, 4.69) is 31.8 Å². The Balaban J connectivity index is 1.55. The summed E-state index contributed by atoms with van der Waals surface area (Å²) in [6.07, 6.45) is 1.12. The summed E-state index contributed by atoms with van der Waals surface area (Å²) in [5.74, 6) is -0.618. The first-order valence-corrected chi connectivity index (χ1v) is 11.3. The lowest BCUT2D eigenvalue weighted by molar-refractivity contribution is 0.262. The van der Waals surface area contributed by atoms with Gasteiger partial charge in [0, 0.05) is 17.5 Å². The van der Waals surface area contributed by atoms with Crippen LogP contribution in [0.5, 0.6) is 11.6 Å². The van der Waals surface area contributed by atoms with Crippen molar-refractivity contribution in [2.24, 2.45) is 0 Å². The van der Waals surface area contributed by atoms with Gasteiger partial charge in [-0.3, -0.25) is 5.32 Å². The minimum atomic E-state index is -0.788. The number of anilines is 3. The first-order chi connectivity index (χ1) is 18.1. The van der Waals surface area contributed by atoms with Crippen LogP contribution in [0.3, 0.4) is 0 Å². The van der Waals surface area contributed by atoms with Crippen LogP contribution in [0.2, 0.25) is 0 Å². The normalized spacial score (nSPS) is 10.8. The second-order valence-corrected chi connectivity index (χ2v) is 9.11. The van der Waals surface area contributed by atoms with Crippen molar-refractivity contribution >= 4 is 23.4 Å². The smallest absolute Gasteiger partial charge is 0.324 e. The molecule has 2 amide bonds. The number of aromatic nitrogens is 4. The Hall–Kier alpha value is -5.49. The van der Waals surface area contributed by atoms with E-state index in [1.165, 1.54) is 16.8 Å². The zero-order chi connectivity index (χ0) is 27.4. The number of carbonyl (C=O) groups is 1. The Kier molecular flexibility index (Phi) is 6.90. The van der Waals surface area contributed by atoms with Gasteiger partial charge >= 0.3 is 6.03 Å². The van der Waals surface area contributed by atoms with Crippen molar-refractivity contribution in [2.45, 2.75) is 26.2 Å². The maximum absolute atomic E-state index is 14.8. The largest absolute Gasteiger partial charge is 0.437 e. The van der Waals surface area contributed by atoms with Gasteiger partial charge < -0.3 is 15.8 Å². The van der Waals surface area contributed by atoms with Crippen LogP contribution in [0.4, 0.5) is 26.5 Å². The predicted octanol–water partition coefficient (Wildman–Crippen LogP) is 4.86. The van der Waals surface area contributed by atoms with E-state index in [-0.39, 0.29) is 34.1 Å². The summed E-state index contributed by atoms with van der Waals surface area (Å²) in [6.45, 7) is 5.93. The van der Waals surface area contributed by atoms with E-state index in [1.807, 2.05) is 26.8 Å². The van der Waals surface area contributed by atoms with Crippen molar-refractivity contribution in [1.82, 2.24) is 19.7 Å². The maximum atomic E-state index is 14.8. The van der Waals surface area contributed by atoms with E-state index in [0.717, 1.165) is 12.4 Å². The SMILES string of the molecule is CC(C)(C)c1cc(NC(=O)Nc2ccc(Oc3ncnc(N)c3C#N)cc2F)n(-c2cccc(C#N)c2)n1. The first-order valence-electron chi connectivity index (χ1n) is 11.3. The molecule has 0 aliphatic rings. The molecular formula is C26H22FN9O2. The number of nitriles is 2. The third kappa shape index (κ3) is 5.50. The summed E-state index contributed by atoms with van der Waals surface area (Å²) >= 11 is 0. The molecule has 0 atom stereocenters. The molecule has 2 aromatic carbocycles. The van der Waals surface area contributed by atoms with Gasteiger partial charge in [0.25, 0.3) is 0 Å². The number of nitrogens with one attached hydrogen (secondary N) is 2. The molecule has 0 unspecified atom stereocenters. The lowest BCUT2D eigenvalue weighted by Crippen LogP contribution is -2.22. The molecule has 0 bridgehead atoms. The van der Waals surface area contributed by atoms with E-state index >= 15 is 0 Å². The molecule has 0 spiro atoms. The summed E-state index contributed by atoms with van der Waals surface area (Å²) in [6, 6.07) is 15.4. The highest BCUT2D eigenvalue weighted by atomic mass is 19.1. The maximum Gasteiger partial charge on any atom is 0.324 e. The highest BCUT2D eigenvalue weighted by Crippen LogP contribution is 2.29. The zero-order valence-corrected chi connectivity index (χ0v) is 20.7. The van der Waals surface area contributed by atoms with Gasteiger partial charge in [-0.05, 0) is 30.3 Å². The lowest BCUT2D eigenvalue weighted by Gasteiger charge is -2.14.